The second-order valence-electron chi connectivity index (χ2n) is 7.46. The molecule has 3 rings (SSSR count). The number of carbonyl (C=O) groups excluding carboxylic acids is 3. The summed E-state index contributed by atoms with van der Waals surface area (Å²) in [5.41, 5.74) is 0. The second-order valence-corrected chi connectivity index (χ2v) is 11.6. The number of thioether (sulfide) groups is 3. The highest BCUT2D eigenvalue weighted by Crippen LogP contribution is 2.34. The lowest BCUT2D eigenvalue weighted by Crippen LogP contribution is -2.63. The van der Waals surface area contributed by atoms with Gasteiger partial charge in [-0.25, -0.2) is 0 Å². The molecule has 0 spiro atoms. The Labute approximate surface area is 167 Å². The molecule has 0 saturated carbocycles. The highest BCUT2D eigenvalue weighted by molar-refractivity contribution is 8.18. The van der Waals surface area contributed by atoms with Crippen molar-refractivity contribution >= 4 is 53.0 Å². The lowest BCUT2D eigenvalue weighted by Gasteiger charge is -2.45. The van der Waals surface area contributed by atoms with E-state index in [4.69, 9.17) is 0 Å². The number of likely N-dealkylation sites (tertiary alicyclic amines) is 2. The van der Waals surface area contributed by atoms with Gasteiger partial charge in [-0.2, -0.15) is 0 Å². The molecule has 3 amide bonds. The predicted molar refractivity (Wildman–Crippen MR) is 110 cm³/mol. The van der Waals surface area contributed by atoms with Gasteiger partial charge in [-0.05, 0) is 38.0 Å². The minimum atomic E-state index is -0.495. The van der Waals surface area contributed by atoms with Crippen LogP contribution in [0, 0.1) is 0 Å². The molecule has 1 atom stereocenters. The van der Waals surface area contributed by atoms with Crippen LogP contribution >= 0.6 is 35.3 Å². The Morgan fingerprint density at radius 2 is 1.85 bits per heavy atom. The van der Waals surface area contributed by atoms with E-state index in [0.717, 1.165) is 11.5 Å². The van der Waals surface area contributed by atoms with Crippen LogP contribution in [0.2, 0.25) is 0 Å². The van der Waals surface area contributed by atoms with Gasteiger partial charge in [0.25, 0.3) is 0 Å². The molecule has 6 nitrogen and oxygen atoms in total. The number of rotatable bonds is 5. The van der Waals surface area contributed by atoms with Crippen LogP contribution in [0.1, 0.15) is 26.7 Å². The molecule has 0 bridgehead atoms. The van der Waals surface area contributed by atoms with Crippen molar-refractivity contribution in [1.82, 2.24) is 15.1 Å². The van der Waals surface area contributed by atoms with Gasteiger partial charge in [-0.15, -0.1) is 35.3 Å². The molecule has 0 aliphatic carbocycles. The Morgan fingerprint density at radius 3 is 2.46 bits per heavy atom. The fourth-order valence-electron chi connectivity index (χ4n) is 3.24. The molecule has 3 heterocycles. The SMILES string of the molecule is CSC(C)(C)C(=O)NC1CC(=O)N(C2CN(C(=O)C3SCCCS3)C2)C1. The standard InChI is InChI=1S/C17H27N3O3S3/c1-17(2,24-3)16(23)18-11-7-13(21)20(8-11)12-9-19(10-12)14(22)15-25-5-4-6-26-15/h11-12,15H,4-10H2,1-3H3,(H,18,23). The summed E-state index contributed by atoms with van der Waals surface area (Å²) in [6.45, 7) is 5.57. The summed E-state index contributed by atoms with van der Waals surface area (Å²) in [4.78, 5) is 40.9. The van der Waals surface area contributed by atoms with E-state index >= 15 is 0 Å². The summed E-state index contributed by atoms with van der Waals surface area (Å²) in [6, 6.07) is -0.0314. The molecule has 3 aliphatic heterocycles. The van der Waals surface area contributed by atoms with Gasteiger partial charge in [0.1, 0.15) is 4.58 Å². The second kappa shape index (κ2) is 8.22. The average molecular weight is 418 g/mol. The van der Waals surface area contributed by atoms with E-state index in [9.17, 15) is 14.4 Å². The van der Waals surface area contributed by atoms with E-state index < -0.39 is 4.75 Å². The molecular weight excluding hydrogens is 390 g/mol. The van der Waals surface area contributed by atoms with Crippen molar-refractivity contribution in [2.24, 2.45) is 0 Å². The van der Waals surface area contributed by atoms with Gasteiger partial charge in [0.05, 0.1) is 16.8 Å². The third kappa shape index (κ3) is 4.30. The van der Waals surface area contributed by atoms with Crippen molar-refractivity contribution < 1.29 is 14.4 Å². The fraction of sp³-hybridized carbons (Fsp3) is 0.824. The van der Waals surface area contributed by atoms with Gasteiger partial charge in [0, 0.05) is 26.1 Å². The molecule has 0 aromatic rings. The number of hydrogen-bond acceptors (Lipinski definition) is 6. The first kappa shape index (κ1) is 20.2. The van der Waals surface area contributed by atoms with Crippen LogP contribution in [0.4, 0.5) is 0 Å². The molecule has 0 aromatic heterocycles. The summed E-state index contributed by atoms with van der Waals surface area (Å²) >= 11 is 4.97. The van der Waals surface area contributed by atoms with Crippen molar-refractivity contribution in [3.63, 3.8) is 0 Å². The Balaban J connectivity index is 1.47. The van der Waals surface area contributed by atoms with Crippen molar-refractivity contribution in [1.29, 1.82) is 0 Å². The molecule has 26 heavy (non-hydrogen) atoms. The maximum atomic E-state index is 12.5. The summed E-state index contributed by atoms with van der Waals surface area (Å²) in [7, 11) is 0. The topological polar surface area (TPSA) is 69.7 Å². The highest BCUT2D eigenvalue weighted by Gasteiger charge is 2.44. The molecule has 9 heteroatoms. The number of hydrogen-bond donors (Lipinski definition) is 1. The minimum Gasteiger partial charge on any atom is -0.350 e. The molecule has 3 saturated heterocycles. The van der Waals surface area contributed by atoms with E-state index in [2.05, 4.69) is 5.32 Å². The molecule has 3 fully saturated rings. The zero-order valence-electron chi connectivity index (χ0n) is 15.5. The van der Waals surface area contributed by atoms with Crippen LogP contribution in [0.3, 0.4) is 0 Å². The fourth-order valence-corrected chi connectivity index (χ4v) is 6.27. The van der Waals surface area contributed by atoms with Crippen LogP contribution in [0.15, 0.2) is 0 Å². The largest absolute Gasteiger partial charge is 0.350 e. The smallest absolute Gasteiger partial charge is 0.245 e. The number of nitrogens with zero attached hydrogens (tertiary/aromatic N) is 2. The first-order valence-electron chi connectivity index (χ1n) is 8.99. The van der Waals surface area contributed by atoms with E-state index in [1.54, 1.807) is 23.5 Å². The molecule has 1 N–H and O–H groups in total. The molecule has 1 unspecified atom stereocenters. The molecule has 146 valence electrons. The van der Waals surface area contributed by atoms with Crippen molar-refractivity contribution in [3.8, 4) is 0 Å². The van der Waals surface area contributed by atoms with Gasteiger partial charge < -0.3 is 15.1 Å². The van der Waals surface area contributed by atoms with Gasteiger partial charge in [0.2, 0.25) is 17.7 Å². The summed E-state index contributed by atoms with van der Waals surface area (Å²) in [6.07, 6.45) is 3.44. The van der Waals surface area contributed by atoms with E-state index in [1.807, 2.05) is 29.9 Å². The van der Waals surface area contributed by atoms with Crippen LogP contribution in [-0.4, -0.2) is 86.3 Å². The van der Waals surface area contributed by atoms with E-state index in [0.29, 0.717) is 26.1 Å². The minimum absolute atomic E-state index is 0.0265. The van der Waals surface area contributed by atoms with Gasteiger partial charge in [-0.3, -0.25) is 14.4 Å². The van der Waals surface area contributed by atoms with E-state index in [-0.39, 0.29) is 34.4 Å². The zero-order valence-corrected chi connectivity index (χ0v) is 18.0. The van der Waals surface area contributed by atoms with Crippen LogP contribution in [0.5, 0.6) is 0 Å². The first-order chi connectivity index (χ1) is 12.3. The number of nitrogens with one attached hydrogen (secondary N) is 1. The van der Waals surface area contributed by atoms with Crippen molar-refractivity contribution in [2.45, 2.75) is 48.1 Å². The Kier molecular flexibility index (Phi) is 6.39. The Hall–Kier alpha value is -0.540. The van der Waals surface area contributed by atoms with Crippen molar-refractivity contribution in [3.05, 3.63) is 0 Å². The molecule has 0 radical (unpaired) electrons. The molecule has 3 aliphatic rings. The lowest BCUT2D eigenvalue weighted by atomic mass is 10.1. The van der Waals surface area contributed by atoms with Crippen LogP contribution < -0.4 is 5.32 Å². The van der Waals surface area contributed by atoms with Crippen molar-refractivity contribution in [2.75, 3.05) is 37.4 Å². The van der Waals surface area contributed by atoms with E-state index in [1.165, 1.54) is 18.2 Å². The quantitative estimate of drug-likeness (QED) is 0.726. The maximum Gasteiger partial charge on any atom is 0.245 e. The predicted octanol–water partition coefficient (Wildman–Crippen LogP) is 1.25. The van der Waals surface area contributed by atoms with Gasteiger partial charge >= 0.3 is 0 Å². The maximum absolute atomic E-state index is 12.5. The molecule has 0 aromatic carbocycles. The summed E-state index contributed by atoms with van der Waals surface area (Å²) in [5.74, 6) is 2.37. The first-order valence-corrected chi connectivity index (χ1v) is 12.3. The van der Waals surface area contributed by atoms with Gasteiger partial charge in [0.15, 0.2) is 0 Å². The Bertz CT molecular complexity index is 575. The normalized spacial score (nSPS) is 25.3. The molecular formula is C17H27N3O3S3. The number of carbonyl (C=O) groups is 3. The van der Waals surface area contributed by atoms with Crippen LogP contribution in [-0.2, 0) is 14.4 Å². The third-order valence-corrected chi connectivity index (χ3v) is 9.27. The summed E-state index contributed by atoms with van der Waals surface area (Å²) < 4.78 is -0.467. The Morgan fingerprint density at radius 1 is 1.19 bits per heavy atom. The number of amides is 3. The zero-order chi connectivity index (χ0) is 18.9. The third-order valence-electron chi connectivity index (χ3n) is 5.19. The summed E-state index contributed by atoms with van der Waals surface area (Å²) in [5, 5.41) is 3.01. The average Bonchev–Trinajstić information content (AvgIpc) is 2.94. The lowest BCUT2D eigenvalue weighted by molar-refractivity contribution is -0.142. The van der Waals surface area contributed by atoms with Gasteiger partial charge in [-0.1, -0.05) is 0 Å². The van der Waals surface area contributed by atoms with Crippen LogP contribution in [0.25, 0.3) is 0 Å². The highest BCUT2D eigenvalue weighted by atomic mass is 32.2. The monoisotopic (exact) mass is 417 g/mol.